The molecule has 0 bridgehead atoms. The normalized spacial score (nSPS) is 18.6. The number of nitrogens with zero attached hydrogens (tertiary/aromatic N) is 1. The van der Waals surface area contributed by atoms with Gasteiger partial charge in [0.05, 0.1) is 23.5 Å². The zero-order chi connectivity index (χ0) is 13.1. The van der Waals surface area contributed by atoms with E-state index in [1.807, 2.05) is 18.2 Å². The van der Waals surface area contributed by atoms with E-state index in [1.165, 1.54) is 0 Å². The van der Waals surface area contributed by atoms with Crippen LogP contribution in [0.15, 0.2) is 24.5 Å². The number of anilines is 1. The number of hydrogen-bond acceptors (Lipinski definition) is 3. The van der Waals surface area contributed by atoms with Gasteiger partial charge in [0.1, 0.15) is 0 Å². The van der Waals surface area contributed by atoms with Gasteiger partial charge in [-0.1, -0.05) is 0 Å². The summed E-state index contributed by atoms with van der Waals surface area (Å²) in [5.41, 5.74) is 2.52. The molecule has 1 aliphatic heterocycles. The maximum Gasteiger partial charge on any atom is 0.319 e. The first-order valence-corrected chi connectivity index (χ1v) is 6.41. The van der Waals surface area contributed by atoms with Gasteiger partial charge < -0.3 is 20.4 Å². The first kappa shape index (κ1) is 12.0. The Morgan fingerprint density at radius 1 is 1.53 bits per heavy atom. The summed E-state index contributed by atoms with van der Waals surface area (Å²) in [6.07, 6.45) is 3.87. The molecule has 1 aromatic carbocycles. The molecule has 1 fully saturated rings. The Balaban J connectivity index is 1.55. The van der Waals surface area contributed by atoms with Crippen molar-refractivity contribution < 1.29 is 9.53 Å². The Morgan fingerprint density at radius 3 is 3.32 bits per heavy atom. The molecule has 19 heavy (non-hydrogen) atoms. The van der Waals surface area contributed by atoms with Crippen LogP contribution in [0.3, 0.4) is 0 Å². The highest BCUT2D eigenvalue weighted by Crippen LogP contribution is 2.15. The molecule has 0 spiro atoms. The lowest BCUT2D eigenvalue weighted by atomic mass is 10.2. The molecular weight excluding hydrogens is 244 g/mol. The Hall–Kier alpha value is -2.08. The van der Waals surface area contributed by atoms with Gasteiger partial charge in [-0.05, 0) is 31.0 Å². The number of urea groups is 1. The van der Waals surface area contributed by atoms with Gasteiger partial charge >= 0.3 is 6.03 Å². The fraction of sp³-hybridized carbons (Fsp3) is 0.385. The smallest absolute Gasteiger partial charge is 0.319 e. The predicted octanol–water partition coefficient (Wildman–Crippen LogP) is 1.86. The second-order valence-corrected chi connectivity index (χ2v) is 4.60. The van der Waals surface area contributed by atoms with Crippen LogP contribution in [0.25, 0.3) is 11.0 Å². The minimum absolute atomic E-state index is 0.154. The summed E-state index contributed by atoms with van der Waals surface area (Å²) in [4.78, 5) is 18.9. The number of carbonyl (C=O) groups excluding carboxylic acids is 1. The van der Waals surface area contributed by atoms with Crippen LogP contribution in [-0.4, -0.2) is 35.3 Å². The number of aromatic nitrogens is 2. The Kier molecular flexibility index (Phi) is 3.33. The number of benzene rings is 1. The lowest BCUT2D eigenvalue weighted by molar-refractivity contribution is 0.112. The van der Waals surface area contributed by atoms with Crippen molar-refractivity contribution in [3.8, 4) is 0 Å². The lowest BCUT2D eigenvalue weighted by Crippen LogP contribution is -2.34. The zero-order valence-corrected chi connectivity index (χ0v) is 10.5. The molecule has 1 unspecified atom stereocenters. The standard InChI is InChI=1S/C13H16N4O2/c18-13(14-7-10-2-1-5-19-10)17-9-3-4-11-12(6-9)16-8-15-11/h3-4,6,8,10H,1-2,5,7H2,(H,15,16)(H2,14,17,18). The number of ether oxygens (including phenoxy) is 1. The van der Waals surface area contributed by atoms with Crippen LogP contribution in [-0.2, 0) is 4.74 Å². The summed E-state index contributed by atoms with van der Waals surface area (Å²) in [6.45, 7) is 1.35. The number of amides is 2. The summed E-state index contributed by atoms with van der Waals surface area (Å²) in [5.74, 6) is 0. The quantitative estimate of drug-likeness (QED) is 0.788. The zero-order valence-electron chi connectivity index (χ0n) is 10.5. The van der Waals surface area contributed by atoms with E-state index in [1.54, 1.807) is 6.33 Å². The number of aromatic amines is 1. The van der Waals surface area contributed by atoms with Gasteiger partial charge in [-0.2, -0.15) is 0 Å². The molecule has 2 aromatic rings. The van der Waals surface area contributed by atoms with Crippen molar-refractivity contribution >= 4 is 22.8 Å². The molecule has 1 atom stereocenters. The number of fused-ring (bicyclic) bond motifs is 1. The molecule has 6 heteroatoms. The van der Waals surface area contributed by atoms with E-state index < -0.39 is 0 Å². The van der Waals surface area contributed by atoms with Crippen LogP contribution in [0.1, 0.15) is 12.8 Å². The van der Waals surface area contributed by atoms with Gasteiger partial charge in [0.2, 0.25) is 0 Å². The fourth-order valence-electron chi connectivity index (χ4n) is 2.20. The second kappa shape index (κ2) is 5.27. The van der Waals surface area contributed by atoms with Crippen molar-refractivity contribution in [1.29, 1.82) is 0 Å². The summed E-state index contributed by atoms with van der Waals surface area (Å²) >= 11 is 0. The van der Waals surface area contributed by atoms with Crippen molar-refractivity contribution in [2.24, 2.45) is 0 Å². The minimum Gasteiger partial charge on any atom is -0.376 e. The van der Waals surface area contributed by atoms with E-state index >= 15 is 0 Å². The molecule has 2 heterocycles. The van der Waals surface area contributed by atoms with E-state index in [0.717, 1.165) is 36.2 Å². The lowest BCUT2D eigenvalue weighted by Gasteiger charge is -2.11. The van der Waals surface area contributed by atoms with E-state index in [0.29, 0.717) is 6.54 Å². The van der Waals surface area contributed by atoms with Crippen molar-refractivity contribution in [2.75, 3.05) is 18.5 Å². The molecule has 100 valence electrons. The summed E-state index contributed by atoms with van der Waals surface area (Å²) < 4.78 is 5.45. The molecule has 3 rings (SSSR count). The summed E-state index contributed by atoms with van der Waals surface area (Å²) in [7, 11) is 0. The van der Waals surface area contributed by atoms with Crippen LogP contribution < -0.4 is 10.6 Å². The summed E-state index contributed by atoms with van der Waals surface area (Å²) in [6, 6.07) is 5.33. The maximum absolute atomic E-state index is 11.7. The Bertz CT molecular complexity index is 575. The maximum atomic E-state index is 11.7. The Morgan fingerprint density at radius 2 is 2.47 bits per heavy atom. The highest BCUT2D eigenvalue weighted by molar-refractivity contribution is 5.91. The topological polar surface area (TPSA) is 79.0 Å². The van der Waals surface area contributed by atoms with Crippen molar-refractivity contribution in [1.82, 2.24) is 15.3 Å². The van der Waals surface area contributed by atoms with Crippen LogP contribution in [0.2, 0.25) is 0 Å². The number of hydrogen-bond donors (Lipinski definition) is 3. The molecule has 1 aliphatic rings. The van der Waals surface area contributed by atoms with Gasteiger partial charge in [-0.15, -0.1) is 0 Å². The molecule has 0 radical (unpaired) electrons. The third-order valence-corrected chi connectivity index (χ3v) is 3.19. The van der Waals surface area contributed by atoms with Crippen molar-refractivity contribution in [3.63, 3.8) is 0 Å². The summed E-state index contributed by atoms with van der Waals surface area (Å²) in [5, 5.41) is 5.61. The van der Waals surface area contributed by atoms with E-state index in [-0.39, 0.29) is 12.1 Å². The monoisotopic (exact) mass is 260 g/mol. The molecule has 2 amide bonds. The largest absolute Gasteiger partial charge is 0.376 e. The minimum atomic E-state index is -0.214. The van der Waals surface area contributed by atoms with Crippen molar-refractivity contribution in [2.45, 2.75) is 18.9 Å². The van der Waals surface area contributed by atoms with Crippen LogP contribution in [0.4, 0.5) is 10.5 Å². The average Bonchev–Trinajstić information content (AvgIpc) is 3.07. The van der Waals surface area contributed by atoms with Crippen LogP contribution >= 0.6 is 0 Å². The molecular formula is C13H16N4O2. The number of imidazole rings is 1. The third kappa shape index (κ3) is 2.85. The number of rotatable bonds is 3. The Labute approximate surface area is 110 Å². The number of H-pyrrole nitrogens is 1. The average molecular weight is 260 g/mol. The molecule has 6 nitrogen and oxygen atoms in total. The molecule has 0 aliphatic carbocycles. The van der Waals surface area contributed by atoms with Gasteiger partial charge in [-0.3, -0.25) is 0 Å². The number of nitrogens with one attached hydrogen (secondary N) is 3. The van der Waals surface area contributed by atoms with Gasteiger partial charge in [-0.25, -0.2) is 9.78 Å². The van der Waals surface area contributed by atoms with E-state index in [2.05, 4.69) is 20.6 Å². The molecule has 3 N–H and O–H groups in total. The van der Waals surface area contributed by atoms with E-state index in [4.69, 9.17) is 4.74 Å². The van der Waals surface area contributed by atoms with Crippen LogP contribution in [0, 0.1) is 0 Å². The highest BCUT2D eigenvalue weighted by atomic mass is 16.5. The third-order valence-electron chi connectivity index (χ3n) is 3.19. The second-order valence-electron chi connectivity index (χ2n) is 4.60. The molecule has 0 saturated carbocycles. The SMILES string of the molecule is O=C(NCC1CCCO1)Nc1ccc2nc[nH]c2c1. The van der Waals surface area contributed by atoms with Gasteiger partial charge in [0, 0.05) is 18.8 Å². The van der Waals surface area contributed by atoms with Gasteiger partial charge in [0.15, 0.2) is 0 Å². The fourth-order valence-corrected chi connectivity index (χ4v) is 2.20. The highest BCUT2D eigenvalue weighted by Gasteiger charge is 2.16. The first-order valence-electron chi connectivity index (χ1n) is 6.41. The predicted molar refractivity (Wildman–Crippen MR) is 72.1 cm³/mol. The van der Waals surface area contributed by atoms with Gasteiger partial charge in [0.25, 0.3) is 0 Å². The first-order chi connectivity index (χ1) is 9.31. The van der Waals surface area contributed by atoms with E-state index in [9.17, 15) is 4.79 Å². The molecule has 1 aromatic heterocycles. The molecule has 1 saturated heterocycles. The number of carbonyl (C=O) groups is 1. The van der Waals surface area contributed by atoms with Crippen molar-refractivity contribution in [3.05, 3.63) is 24.5 Å². The van der Waals surface area contributed by atoms with Crippen LogP contribution in [0.5, 0.6) is 0 Å².